The summed E-state index contributed by atoms with van der Waals surface area (Å²) < 4.78 is 5.50. The zero-order valence-corrected chi connectivity index (χ0v) is 10.2. The van der Waals surface area contributed by atoms with Crippen molar-refractivity contribution in [2.45, 2.75) is 6.61 Å². The summed E-state index contributed by atoms with van der Waals surface area (Å²) in [5.74, 6) is 0.722. The van der Waals surface area contributed by atoms with Crippen molar-refractivity contribution in [1.29, 1.82) is 0 Å². The van der Waals surface area contributed by atoms with Crippen LogP contribution in [0.5, 0.6) is 5.75 Å². The Morgan fingerprint density at radius 1 is 1.24 bits per heavy atom. The second kappa shape index (κ2) is 5.21. The topological polar surface area (TPSA) is 61.0 Å². The lowest BCUT2D eigenvalue weighted by atomic mass is 10.3. The van der Waals surface area contributed by atoms with Gasteiger partial charge in [0.2, 0.25) is 5.95 Å². The van der Waals surface area contributed by atoms with Gasteiger partial charge >= 0.3 is 0 Å². The second-order valence-electron chi connectivity index (χ2n) is 3.27. The third-order valence-corrected chi connectivity index (χ3v) is 2.55. The van der Waals surface area contributed by atoms with Crippen LogP contribution in [0.3, 0.4) is 0 Å². The molecule has 2 aromatic rings. The van der Waals surface area contributed by atoms with E-state index in [0.717, 1.165) is 0 Å². The molecule has 4 nitrogen and oxygen atoms in total. The smallest absolute Gasteiger partial charge is 0.220 e. The predicted octanol–water partition coefficient (Wildman–Crippen LogP) is 2.94. The van der Waals surface area contributed by atoms with E-state index in [1.54, 1.807) is 30.5 Å². The lowest BCUT2D eigenvalue weighted by Gasteiger charge is -2.07. The maximum absolute atomic E-state index is 5.95. The number of anilines is 1. The van der Waals surface area contributed by atoms with Crippen LogP contribution in [0, 0.1) is 0 Å². The van der Waals surface area contributed by atoms with E-state index in [0.29, 0.717) is 21.5 Å². The van der Waals surface area contributed by atoms with Gasteiger partial charge < -0.3 is 10.5 Å². The Labute approximate surface area is 108 Å². The van der Waals surface area contributed by atoms with Gasteiger partial charge in [-0.1, -0.05) is 23.2 Å². The van der Waals surface area contributed by atoms with Crippen LogP contribution in [0.2, 0.25) is 10.0 Å². The molecule has 17 heavy (non-hydrogen) atoms. The summed E-state index contributed by atoms with van der Waals surface area (Å²) in [7, 11) is 0. The summed E-state index contributed by atoms with van der Waals surface area (Å²) in [5, 5.41) is 1.06. The monoisotopic (exact) mass is 269 g/mol. The Kier molecular flexibility index (Phi) is 3.66. The minimum atomic E-state index is 0.211. The molecule has 0 fully saturated rings. The zero-order chi connectivity index (χ0) is 12.3. The molecule has 0 aliphatic heterocycles. The fourth-order valence-corrected chi connectivity index (χ4v) is 1.57. The Bertz CT molecular complexity index is 534. The van der Waals surface area contributed by atoms with Gasteiger partial charge in [-0.3, -0.25) is 0 Å². The molecule has 88 valence electrons. The molecule has 0 aliphatic carbocycles. The summed E-state index contributed by atoms with van der Waals surface area (Å²) in [6, 6.07) is 6.73. The number of aromatic nitrogens is 2. The van der Waals surface area contributed by atoms with Crippen molar-refractivity contribution in [1.82, 2.24) is 9.97 Å². The largest absolute Gasteiger partial charge is 0.486 e. The highest BCUT2D eigenvalue weighted by Crippen LogP contribution is 2.28. The quantitative estimate of drug-likeness (QED) is 0.931. The number of nitrogens with zero attached hydrogens (tertiary/aromatic N) is 2. The van der Waals surface area contributed by atoms with E-state index >= 15 is 0 Å². The summed E-state index contributed by atoms with van der Waals surface area (Å²) in [5.41, 5.74) is 6.13. The fraction of sp³-hybridized carbons (Fsp3) is 0.0909. The average molecular weight is 270 g/mol. The Morgan fingerprint density at radius 2 is 2.06 bits per heavy atom. The van der Waals surface area contributed by atoms with Crippen LogP contribution >= 0.6 is 23.2 Å². The molecule has 0 saturated heterocycles. The SMILES string of the molecule is Nc1nccc(COc2cc(Cl)ccc2Cl)n1. The number of benzene rings is 1. The van der Waals surface area contributed by atoms with E-state index in [4.69, 9.17) is 33.7 Å². The first kappa shape index (κ1) is 12.0. The standard InChI is InChI=1S/C11H9Cl2N3O/c12-7-1-2-9(13)10(5-7)17-6-8-3-4-15-11(14)16-8/h1-5H,6H2,(H2,14,15,16). The van der Waals surface area contributed by atoms with Crippen molar-refractivity contribution in [3.8, 4) is 5.75 Å². The van der Waals surface area contributed by atoms with Gasteiger partial charge in [0.25, 0.3) is 0 Å². The Hall–Kier alpha value is -1.52. The third kappa shape index (κ3) is 3.22. The first-order valence-corrected chi connectivity index (χ1v) is 5.56. The second-order valence-corrected chi connectivity index (χ2v) is 4.11. The number of hydrogen-bond acceptors (Lipinski definition) is 4. The van der Waals surface area contributed by atoms with E-state index in [-0.39, 0.29) is 12.6 Å². The lowest BCUT2D eigenvalue weighted by Crippen LogP contribution is -2.02. The van der Waals surface area contributed by atoms with Gasteiger partial charge in [-0.25, -0.2) is 9.97 Å². The van der Waals surface area contributed by atoms with Crippen molar-refractivity contribution in [2.75, 3.05) is 5.73 Å². The zero-order valence-electron chi connectivity index (χ0n) is 8.73. The molecule has 0 spiro atoms. The molecule has 0 amide bonds. The minimum Gasteiger partial charge on any atom is -0.486 e. The van der Waals surface area contributed by atoms with E-state index in [1.807, 2.05) is 0 Å². The first-order chi connectivity index (χ1) is 8.15. The molecular weight excluding hydrogens is 261 g/mol. The molecule has 1 aromatic heterocycles. The maximum atomic E-state index is 5.95. The third-order valence-electron chi connectivity index (χ3n) is 2.00. The summed E-state index contributed by atoms with van der Waals surface area (Å²) >= 11 is 11.8. The Morgan fingerprint density at radius 3 is 2.82 bits per heavy atom. The highest BCUT2D eigenvalue weighted by Gasteiger charge is 2.04. The predicted molar refractivity (Wildman–Crippen MR) is 67.2 cm³/mol. The van der Waals surface area contributed by atoms with Crippen LogP contribution in [-0.4, -0.2) is 9.97 Å². The van der Waals surface area contributed by atoms with E-state index in [9.17, 15) is 0 Å². The summed E-state index contributed by atoms with van der Waals surface area (Å²) in [4.78, 5) is 7.80. The van der Waals surface area contributed by atoms with Gasteiger partial charge in [0.1, 0.15) is 12.4 Å². The molecule has 0 saturated carbocycles. The van der Waals surface area contributed by atoms with Crippen molar-refractivity contribution in [2.24, 2.45) is 0 Å². The molecular formula is C11H9Cl2N3O. The molecule has 1 aromatic carbocycles. The molecule has 2 N–H and O–H groups in total. The van der Waals surface area contributed by atoms with Crippen molar-refractivity contribution in [3.05, 3.63) is 46.2 Å². The lowest BCUT2D eigenvalue weighted by molar-refractivity contribution is 0.301. The van der Waals surface area contributed by atoms with Crippen molar-refractivity contribution >= 4 is 29.2 Å². The highest BCUT2D eigenvalue weighted by molar-refractivity contribution is 6.34. The van der Waals surface area contributed by atoms with Crippen LogP contribution in [-0.2, 0) is 6.61 Å². The molecule has 0 radical (unpaired) electrons. The van der Waals surface area contributed by atoms with Crippen LogP contribution in [0.4, 0.5) is 5.95 Å². The molecule has 0 aliphatic rings. The van der Waals surface area contributed by atoms with Gasteiger partial charge in [0, 0.05) is 17.3 Å². The van der Waals surface area contributed by atoms with Crippen LogP contribution in [0.15, 0.2) is 30.5 Å². The number of rotatable bonds is 3. The van der Waals surface area contributed by atoms with Crippen molar-refractivity contribution < 1.29 is 4.74 Å². The Balaban J connectivity index is 2.09. The van der Waals surface area contributed by atoms with Crippen LogP contribution in [0.1, 0.15) is 5.69 Å². The van der Waals surface area contributed by atoms with Gasteiger partial charge in [-0.15, -0.1) is 0 Å². The first-order valence-electron chi connectivity index (χ1n) is 4.80. The van der Waals surface area contributed by atoms with Gasteiger partial charge in [-0.05, 0) is 18.2 Å². The molecule has 2 rings (SSSR count). The van der Waals surface area contributed by atoms with Crippen LogP contribution in [0.25, 0.3) is 0 Å². The number of hydrogen-bond donors (Lipinski definition) is 1. The maximum Gasteiger partial charge on any atom is 0.220 e. The summed E-state index contributed by atoms with van der Waals surface area (Å²) in [6.45, 7) is 0.257. The van der Waals surface area contributed by atoms with E-state index < -0.39 is 0 Å². The number of ether oxygens (including phenoxy) is 1. The molecule has 6 heteroatoms. The average Bonchev–Trinajstić information content (AvgIpc) is 2.30. The molecule has 0 atom stereocenters. The number of nitrogens with two attached hydrogens (primary N) is 1. The van der Waals surface area contributed by atoms with Crippen molar-refractivity contribution in [3.63, 3.8) is 0 Å². The molecule has 0 bridgehead atoms. The fourth-order valence-electron chi connectivity index (χ4n) is 1.23. The highest BCUT2D eigenvalue weighted by atomic mass is 35.5. The number of nitrogen functional groups attached to an aromatic ring is 1. The minimum absolute atomic E-state index is 0.211. The van der Waals surface area contributed by atoms with Crippen LogP contribution < -0.4 is 10.5 Å². The molecule has 0 unspecified atom stereocenters. The van der Waals surface area contributed by atoms with Gasteiger partial charge in [0.05, 0.1) is 10.7 Å². The van der Waals surface area contributed by atoms with Gasteiger partial charge in [0.15, 0.2) is 0 Å². The normalized spacial score (nSPS) is 10.2. The summed E-state index contributed by atoms with van der Waals surface area (Å²) in [6.07, 6.45) is 1.57. The van der Waals surface area contributed by atoms with E-state index in [1.165, 1.54) is 0 Å². The molecule has 1 heterocycles. The number of halogens is 2. The van der Waals surface area contributed by atoms with Gasteiger partial charge in [-0.2, -0.15) is 0 Å². The van der Waals surface area contributed by atoms with E-state index in [2.05, 4.69) is 9.97 Å².